The van der Waals surface area contributed by atoms with Crippen molar-refractivity contribution in [2.24, 2.45) is 0 Å². The van der Waals surface area contributed by atoms with E-state index in [1.165, 1.54) is 10.9 Å². The van der Waals surface area contributed by atoms with Crippen LogP contribution in [0.3, 0.4) is 0 Å². The van der Waals surface area contributed by atoms with Crippen LogP contribution in [0.4, 0.5) is 0 Å². The van der Waals surface area contributed by atoms with Gasteiger partial charge in [0.2, 0.25) is 0 Å². The molecule has 1 aliphatic heterocycles. The fourth-order valence-corrected chi connectivity index (χ4v) is 3.07. The summed E-state index contributed by atoms with van der Waals surface area (Å²) in [5.74, 6) is 0.490. The van der Waals surface area contributed by atoms with Crippen LogP contribution in [0.1, 0.15) is 37.8 Å². The first-order valence-electron chi connectivity index (χ1n) is 7.28. The van der Waals surface area contributed by atoms with E-state index in [4.69, 9.17) is 9.47 Å². The van der Waals surface area contributed by atoms with E-state index in [0.29, 0.717) is 18.6 Å². The Balaban J connectivity index is 2.10. The minimum absolute atomic E-state index is 0.0985. The molecule has 1 fully saturated rings. The Morgan fingerprint density at radius 3 is 3.05 bits per heavy atom. The van der Waals surface area contributed by atoms with E-state index in [1.807, 2.05) is 12.3 Å². The fourth-order valence-electron chi connectivity index (χ4n) is 3.07. The van der Waals surface area contributed by atoms with Gasteiger partial charge < -0.3 is 14.0 Å². The first kappa shape index (κ1) is 13.6. The maximum atomic E-state index is 5.60. The minimum Gasteiger partial charge on any atom is -0.379 e. The van der Waals surface area contributed by atoms with E-state index < -0.39 is 0 Å². The Labute approximate surface area is 119 Å². The molecule has 0 aliphatic carbocycles. The van der Waals surface area contributed by atoms with Gasteiger partial charge >= 0.3 is 0 Å². The smallest absolute Gasteiger partial charge is 0.140 e. The Morgan fingerprint density at radius 2 is 2.30 bits per heavy atom. The molecule has 0 saturated carbocycles. The number of pyridine rings is 1. The van der Waals surface area contributed by atoms with Crippen LogP contribution < -0.4 is 0 Å². The van der Waals surface area contributed by atoms with E-state index in [1.54, 1.807) is 7.11 Å². The number of fused-ring (bicyclic) bond motifs is 1. The minimum atomic E-state index is 0.0985. The summed E-state index contributed by atoms with van der Waals surface area (Å²) in [5.41, 5.74) is 2.42. The molecule has 1 saturated heterocycles. The van der Waals surface area contributed by atoms with E-state index in [9.17, 15) is 0 Å². The summed E-state index contributed by atoms with van der Waals surface area (Å²) in [4.78, 5) is 4.59. The summed E-state index contributed by atoms with van der Waals surface area (Å²) in [6.45, 7) is 5.90. The lowest BCUT2D eigenvalue weighted by atomic mass is 10.0. The van der Waals surface area contributed by atoms with Crippen molar-refractivity contribution in [3.8, 4) is 0 Å². The van der Waals surface area contributed by atoms with E-state index in [0.717, 1.165) is 18.7 Å². The van der Waals surface area contributed by atoms with Gasteiger partial charge in [0.1, 0.15) is 11.8 Å². The number of aromatic nitrogens is 2. The van der Waals surface area contributed by atoms with Crippen LogP contribution >= 0.6 is 0 Å². The van der Waals surface area contributed by atoms with Crippen molar-refractivity contribution in [2.45, 2.75) is 38.3 Å². The van der Waals surface area contributed by atoms with Crippen molar-refractivity contribution in [3.63, 3.8) is 0 Å². The monoisotopic (exact) mass is 274 g/mol. The second kappa shape index (κ2) is 5.54. The number of methoxy groups -OCH3 is 1. The number of hydrogen-bond acceptors (Lipinski definition) is 3. The van der Waals surface area contributed by atoms with Crippen LogP contribution in [0.15, 0.2) is 24.5 Å². The van der Waals surface area contributed by atoms with E-state index >= 15 is 0 Å². The third kappa shape index (κ3) is 2.23. The topological polar surface area (TPSA) is 36.3 Å². The van der Waals surface area contributed by atoms with Crippen molar-refractivity contribution in [1.82, 2.24) is 9.55 Å². The summed E-state index contributed by atoms with van der Waals surface area (Å²) in [5, 5.41) is 1.25. The average Bonchev–Trinajstić information content (AvgIpc) is 2.87. The summed E-state index contributed by atoms with van der Waals surface area (Å²) in [7, 11) is 1.76. The average molecular weight is 274 g/mol. The summed E-state index contributed by atoms with van der Waals surface area (Å²) in [6.07, 6.45) is 5.19. The van der Waals surface area contributed by atoms with Crippen LogP contribution in [0.5, 0.6) is 0 Å². The third-order valence-corrected chi connectivity index (χ3v) is 4.17. The molecule has 0 bridgehead atoms. The maximum Gasteiger partial charge on any atom is 0.140 e. The van der Waals surface area contributed by atoms with Gasteiger partial charge in [-0.15, -0.1) is 0 Å². The lowest BCUT2D eigenvalue weighted by molar-refractivity contribution is -0.0592. The first-order valence-corrected chi connectivity index (χ1v) is 7.28. The molecular weight excluding hydrogens is 252 g/mol. The van der Waals surface area contributed by atoms with Gasteiger partial charge in [-0.3, -0.25) is 0 Å². The van der Waals surface area contributed by atoms with Gasteiger partial charge in [0, 0.05) is 31.5 Å². The zero-order chi connectivity index (χ0) is 14.1. The van der Waals surface area contributed by atoms with Gasteiger partial charge in [0.15, 0.2) is 0 Å². The molecule has 0 spiro atoms. The molecule has 0 amide bonds. The Morgan fingerprint density at radius 1 is 1.45 bits per heavy atom. The molecular formula is C16H22N2O2. The van der Waals surface area contributed by atoms with Gasteiger partial charge in [-0.1, -0.05) is 13.8 Å². The molecule has 2 aromatic heterocycles. The lowest BCUT2D eigenvalue weighted by Gasteiger charge is -2.31. The highest BCUT2D eigenvalue weighted by molar-refractivity contribution is 5.81. The quantitative estimate of drug-likeness (QED) is 0.862. The Hall–Kier alpha value is -1.39. The third-order valence-electron chi connectivity index (χ3n) is 4.17. The predicted molar refractivity (Wildman–Crippen MR) is 79.1 cm³/mol. The second-order valence-electron chi connectivity index (χ2n) is 5.73. The SMILES string of the molecule is CO[C@H]1COCCC1n1cc(C(C)C)c2cccnc21. The molecule has 1 aliphatic rings. The molecule has 1 unspecified atom stereocenters. The van der Waals surface area contributed by atoms with Crippen molar-refractivity contribution >= 4 is 11.0 Å². The molecule has 3 rings (SSSR count). The highest BCUT2D eigenvalue weighted by Gasteiger charge is 2.29. The molecule has 4 heteroatoms. The van der Waals surface area contributed by atoms with Crippen LogP contribution in [0.25, 0.3) is 11.0 Å². The first-order chi connectivity index (χ1) is 9.72. The number of ether oxygens (including phenoxy) is 2. The highest BCUT2D eigenvalue weighted by Crippen LogP contribution is 2.32. The van der Waals surface area contributed by atoms with Crippen LogP contribution in [0.2, 0.25) is 0 Å². The molecule has 0 radical (unpaired) electrons. The van der Waals surface area contributed by atoms with Gasteiger partial charge in [0.25, 0.3) is 0 Å². The van der Waals surface area contributed by atoms with Crippen LogP contribution in [0, 0.1) is 0 Å². The van der Waals surface area contributed by atoms with Crippen molar-refractivity contribution in [2.75, 3.05) is 20.3 Å². The van der Waals surface area contributed by atoms with Crippen molar-refractivity contribution < 1.29 is 9.47 Å². The number of nitrogens with zero attached hydrogens (tertiary/aromatic N) is 2. The standard InChI is InChI=1S/C16H22N2O2/c1-11(2)13-9-18(16-12(13)5-4-7-17-16)14-6-8-20-10-15(14)19-3/h4-5,7,9,11,14-15H,6,8,10H2,1-3H3/t14?,15-/m0/s1. The zero-order valence-corrected chi connectivity index (χ0v) is 12.4. The number of hydrogen-bond donors (Lipinski definition) is 0. The lowest BCUT2D eigenvalue weighted by Crippen LogP contribution is -2.35. The molecule has 2 aromatic rings. The van der Waals surface area contributed by atoms with Crippen molar-refractivity contribution in [1.29, 1.82) is 0 Å². The summed E-state index contributed by atoms with van der Waals surface area (Å²) >= 11 is 0. The van der Waals surface area contributed by atoms with Crippen molar-refractivity contribution in [3.05, 3.63) is 30.1 Å². The fraction of sp³-hybridized carbons (Fsp3) is 0.562. The van der Waals surface area contributed by atoms with Gasteiger partial charge in [-0.2, -0.15) is 0 Å². The zero-order valence-electron chi connectivity index (χ0n) is 12.4. The second-order valence-corrected chi connectivity index (χ2v) is 5.73. The van der Waals surface area contributed by atoms with E-state index in [-0.39, 0.29) is 6.10 Å². The predicted octanol–water partition coefficient (Wildman–Crippen LogP) is 3.14. The molecule has 3 heterocycles. The van der Waals surface area contributed by atoms with Gasteiger partial charge in [-0.05, 0) is 30.0 Å². The molecule has 108 valence electrons. The molecule has 4 nitrogen and oxygen atoms in total. The van der Waals surface area contributed by atoms with Crippen LogP contribution in [-0.2, 0) is 9.47 Å². The molecule has 2 atom stereocenters. The van der Waals surface area contributed by atoms with Crippen LogP contribution in [-0.4, -0.2) is 36.0 Å². The molecule has 20 heavy (non-hydrogen) atoms. The largest absolute Gasteiger partial charge is 0.379 e. The Bertz CT molecular complexity index is 591. The summed E-state index contributed by atoms with van der Waals surface area (Å²) in [6, 6.07) is 4.48. The Kier molecular flexibility index (Phi) is 3.76. The van der Waals surface area contributed by atoms with Gasteiger partial charge in [-0.25, -0.2) is 4.98 Å². The summed E-state index contributed by atoms with van der Waals surface area (Å²) < 4.78 is 13.4. The highest BCUT2D eigenvalue weighted by atomic mass is 16.5. The van der Waals surface area contributed by atoms with E-state index in [2.05, 4.69) is 35.7 Å². The molecule has 0 N–H and O–H groups in total. The molecule has 0 aromatic carbocycles. The number of rotatable bonds is 3. The normalized spacial score (nSPS) is 23.6. The maximum absolute atomic E-state index is 5.60. The van der Waals surface area contributed by atoms with Gasteiger partial charge in [0.05, 0.1) is 12.6 Å².